The van der Waals surface area contributed by atoms with E-state index in [0.717, 1.165) is 23.7 Å². The quantitative estimate of drug-likeness (QED) is 0.787. The summed E-state index contributed by atoms with van der Waals surface area (Å²) in [7, 11) is 0. The van der Waals surface area contributed by atoms with E-state index in [-0.39, 0.29) is 12.3 Å². The molecule has 4 rings (SSSR count). The first kappa shape index (κ1) is 11.5. The molecule has 17 heavy (non-hydrogen) atoms. The first-order valence-electron chi connectivity index (χ1n) is 7.09. The largest absolute Gasteiger partial charge is 0.481 e. The van der Waals surface area contributed by atoms with Gasteiger partial charge in [-0.15, -0.1) is 0 Å². The minimum absolute atomic E-state index is 0.225. The van der Waals surface area contributed by atoms with Crippen molar-refractivity contribution in [1.82, 2.24) is 0 Å². The Morgan fingerprint density at radius 1 is 1.12 bits per heavy atom. The molecule has 0 spiro atoms. The molecular weight excluding hydrogens is 214 g/mol. The third kappa shape index (κ3) is 1.99. The summed E-state index contributed by atoms with van der Waals surface area (Å²) in [6.07, 6.45) is 7.15. The summed E-state index contributed by atoms with van der Waals surface area (Å²) in [4.78, 5) is 10.9. The Labute approximate surface area is 103 Å². The standard InChI is InChI=1S/C14H23NO2/c15-7-12(6-13(16)17)14-10-2-8-1-9(4-10)5-11(14)3-8/h8-12,14H,1-7,15H2,(H,16,17). The molecule has 0 aromatic heterocycles. The van der Waals surface area contributed by atoms with Crippen LogP contribution in [0.1, 0.15) is 38.5 Å². The summed E-state index contributed by atoms with van der Waals surface area (Å²) < 4.78 is 0. The van der Waals surface area contributed by atoms with Crippen LogP contribution in [0.15, 0.2) is 0 Å². The molecule has 4 fully saturated rings. The molecule has 0 aliphatic heterocycles. The molecule has 3 nitrogen and oxygen atoms in total. The molecule has 1 unspecified atom stereocenters. The van der Waals surface area contributed by atoms with Crippen molar-refractivity contribution in [3.05, 3.63) is 0 Å². The number of hydrogen-bond acceptors (Lipinski definition) is 2. The van der Waals surface area contributed by atoms with Gasteiger partial charge in [0.05, 0.1) is 0 Å². The second-order valence-electron chi connectivity index (χ2n) is 6.60. The maximum atomic E-state index is 10.9. The van der Waals surface area contributed by atoms with Gasteiger partial charge in [-0.25, -0.2) is 0 Å². The maximum Gasteiger partial charge on any atom is 0.303 e. The molecule has 4 bridgehead atoms. The van der Waals surface area contributed by atoms with Crippen LogP contribution in [0.25, 0.3) is 0 Å². The number of carboxylic acids is 1. The van der Waals surface area contributed by atoms with Gasteiger partial charge in [0.1, 0.15) is 0 Å². The van der Waals surface area contributed by atoms with Crippen LogP contribution in [0.5, 0.6) is 0 Å². The summed E-state index contributed by atoms with van der Waals surface area (Å²) in [6, 6.07) is 0. The minimum atomic E-state index is -0.672. The number of rotatable bonds is 4. The molecule has 96 valence electrons. The maximum absolute atomic E-state index is 10.9. The van der Waals surface area contributed by atoms with Crippen LogP contribution in [0, 0.1) is 35.5 Å². The topological polar surface area (TPSA) is 63.3 Å². The molecule has 0 amide bonds. The Kier molecular flexibility index (Phi) is 2.89. The fraction of sp³-hybridized carbons (Fsp3) is 0.929. The summed E-state index contributed by atoms with van der Waals surface area (Å²) in [5, 5.41) is 9.01. The van der Waals surface area contributed by atoms with E-state index in [1.54, 1.807) is 0 Å². The lowest BCUT2D eigenvalue weighted by Gasteiger charge is -2.56. The summed E-state index contributed by atoms with van der Waals surface area (Å²) >= 11 is 0. The van der Waals surface area contributed by atoms with Crippen LogP contribution in [-0.2, 0) is 4.79 Å². The van der Waals surface area contributed by atoms with Gasteiger partial charge in [-0.05, 0) is 74.2 Å². The predicted molar refractivity (Wildman–Crippen MR) is 65.3 cm³/mol. The van der Waals surface area contributed by atoms with Gasteiger partial charge >= 0.3 is 5.97 Å². The fourth-order valence-corrected chi connectivity index (χ4v) is 5.34. The highest BCUT2D eigenvalue weighted by molar-refractivity contribution is 5.67. The van der Waals surface area contributed by atoms with Gasteiger partial charge in [0.2, 0.25) is 0 Å². The molecule has 0 aromatic carbocycles. The Hall–Kier alpha value is -0.570. The first-order valence-corrected chi connectivity index (χ1v) is 7.09. The van der Waals surface area contributed by atoms with E-state index in [9.17, 15) is 4.79 Å². The van der Waals surface area contributed by atoms with Crippen LogP contribution in [0.3, 0.4) is 0 Å². The van der Waals surface area contributed by atoms with Gasteiger partial charge < -0.3 is 10.8 Å². The minimum Gasteiger partial charge on any atom is -0.481 e. The highest BCUT2D eigenvalue weighted by Crippen LogP contribution is 2.58. The number of carboxylic acid groups (broad SMARTS) is 1. The van der Waals surface area contributed by atoms with Crippen LogP contribution >= 0.6 is 0 Å². The summed E-state index contributed by atoms with van der Waals surface area (Å²) in [5.74, 6) is 3.66. The van der Waals surface area contributed by atoms with Crippen molar-refractivity contribution in [2.24, 2.45) is 41.2 Å². The van der Waals surface area contributed by atoms with E-state index < -0.39 is 5.97 Å². The second-order valence-corrected chi connectivity index (χ2v) is 6.60. The molecule has 0 heterocycles. The third-order valence-electron chi connectivity index (χ3n) is 5.58. The Morgan fingerprint density at radius 3 is 2.06 bits per heavy atom. The monoisotopic (exact) mass is 237 g/mol. The Bertz CT molecular complexity index is 287. The number of hydrogen-bond donors (Lipinski definition) is 2. The van der Waals surface area contributed by atoms with E-state index in [4.69, 9.17) is 10.8 Å². The number of nitrogens with two attached hydrogens (primary N) is 1. The molecule has 0 saturated heterocycles. The van der Waals surface area contributed by atoms with Gasteiger partial charge in [-0.2, -0.15) is 0 Å². The Balaban J connectivity index is 1.76. The van der Waals surface area contributed by atoms with E-state index in [1.807, 2.05) is 0 Å². The van der Waals surface area contributed by atoms with Crippen LogP contribution in [-0.4, -0.2) is 17.6 Å². The van der Waals surface area contributed by atoms with Crippen molar-refractivity contribution in [1.29, 1.82) is 0 Å². The molecule has 0 aromatic rings. The molecule has 3 N–H and O–H groups in total. The van der Waals surface area contributed by atoms with Crippen molar-refractivity contribution in [3.63, 3.8) is 0 Å². The SMILES string of the molecule is NCC(CC(=O)O)C1C2CC3CC(C2)CC1C3. The number of aliphatic carboxylic acids is 1. The molecule has 4 aliphatic rings. The van der Waals surface area contributed by atoms with Gasteiger partial charge in [0.15, 0.2) is 0 Å². The third-order valence-corrected chi connectivity index (χ3v) is 5.58. The van der Waals surface area contributed by atoms with Gasteiger partial charge in [-0.3, -0.25) is 4.79 Å². The fourth-order valence-electron chi connectivity index (χ4n) is 5.34. The average molecular weight is 237 g/mol. The van der Waals surface area contributed by atoms with E-state index in [2.05, 4.69) is 0 Å². The molecule has 0 radical (unpaired) electrons. The van der Waals surface area contributed by atoms with Crippen LogP contribution < -0.4 is 5.73 Å². The van der Waals surface area contributed by atoms with Crippen molar-refractivity contribution in [2.75, 3.05) is 6.54 Å². The van der Waals surface area contributed by atoms with E-state index >= 15 is 0 Å². The lowest BCUT2D eigenvalue weighted by molar-refractivity contribution is -0.140. The van der Waals surface area contributed by atoms with Gasteiger partial charge in [0.25, 0.3) is 0 Å². The normalized spacial score (nSPS) is 44.9. The summed E-state index contributed by atoms with van der Waals surface area (Å²) in [5.41, 5.74) is 5.84. The predicted octanol–water partition coefficient (Wildman–Crippen LogP) is 2.11. The van der Waals surface area contributed by atoms with Crippen molar-refractivity contribution in [3.8, 4) is 0 Å². The smallest absolute Gasteiger partial charge is 0.303 e. The molecule has 3 heteroatoms. The lowest BCUT2D eigenvalue weighted by Crippen LogP contribution is -2.49. The highest BCUT2D eigenvalue weighted by Gasteiger charge is 2.50. The van der Waals surface area contributed by atoms with Crippen molar-refractivity contribution >= 4 is 5.97 Å². The molecule has 1 atom stereocenters. The van der Waals surface area contributed by atoms with Crippen LogP contribution in [0.4, 0.5) is 0 Å². The highest BCUT2D eigenvalue weighted by atomic mass is 16.4. The first-order chi connectivity index (χ1) is 8.17. The molecule has 4 aliphatic carbocycles. The van der Waals surface area contributed by atoms with Crippen molar-refractivity contribution < 1.29 is 9.90 Å². The molecular formula is C14H23NO2. The lowest BCUT2D eigenvalue weighted by atomic mass is 9.49. The zero-order valence-corrected chi connectivity index (χ0v) is 10.3. The average Bonchev–Trinajstić information content (AvgIpc) is 2.25. The van der Waals surface area contributed by atoms with Crippen LogP contribution in [0.2, 0.25) is 0 Å². The van der Waals surface area contributed by atoms with E-state index in [1.165, 1.54) is 32.1 Å². The number of carbonyl (C=O) groups is 1. The molecule has 4 saturated carbocycles. The van der Waals surface area contributed by atoms with Gasteiger partial charge in [0, 0.05) is 6.42 Å². The zero-order chi connectivity index (χ0) is 12.0. The van der Waals surface area contributed by atoms with E-state index in [0.29, 0.717) is 12.5 Å². The van der Waals surface area contributed by atoms with Crippen molar-refractivity contribution in [2.45, 2.75) is 38.5 Å². The zero-order valence-electron chi connectivity index (χ0n) is 10.3. The Morgan fingerprint density at radius 2 is 1.65 bits per heavy atom. The van der Waals surface area contributed by atoms with Gasteiger partial charge in [-0.1, -0.05) is 0 Å². The second kappa shape index (κ2) is 4.27. The summed E-state index contributed by atoms with van der Waals surface area (Å²) in [6.45, 7) is 0.555.